The van der Waals surface area contributed by atoms with Gasteiger partial charge in [0.1, 0.15) is 0 Å². The minimum atomic E-state index is -0.154. The van der Waals surface area contributed by atoms with Gasteiger partial charge in [0, 0.05) is 12.8 Å². The molecule has 1 heterocycles. The van der Waals surface area contributed by atoms with E-state index in [1.807, 2.05) is 0 Å². The van der Waals surface area contributed by atoms with Gasteiger partial charge in [0.15, 0.2) is 5.79 Å². The van der Waals surface area contributed by atoms with Gasteiger partial charge in [0.2, 0.25) is 0 Å². The van der Waals surface area contributed by atoms with Gasteiger partial charge in [-0.15, -0.1) is 0 Å². The molecule has 3 aliphatic rings. The van der Waals surface area contributed by atoms with Gasteiger partial charge in [-0.2, -0.15) is 0 Å². The van der Waals surface area contributed by atoms with Gasteiger partial charge in [0.25, 0.3) is 0 Å². The molecule has 2 unspecified atom stereocenters. The molecule has 0 bridgehead atoms. The Balaban J connectivity index is 1.80. The lowest BCUT2D eigenvalue weighted by Gasteiger charge is -2.25. The zero-order chi connectivity index (χ0) is 9.76. The Hall–Kier alpha value is -0.0800. The molecule has 14 heavy (non-hydrogen) atoms. The third-order valence-corrected chi connectivity index (χ3v) is 4.26. The summed E-state index contributed by atoms with van der Waals surface area (Å²) < 4.78 is 12.4. The monoisotopic (exact) mass is 196 g/mol. The Labute approximate surface area is 86.0 Å². The Kier molecular flexibility index (Phi) is 1.94. The molecule has 3 rings (SSSR count). The molecule has 0 aromatic carbocycles. The minimum absolute atomic E-state index is 0.154. The van der Waals surface area contributed by atoms with E-state index in [9.17, 15) is 0 Å². The second-order valence-corrected chi connectivity index (χ2v) is 5.47. The maximum Gasteiger partial charge on any atom is 0.169 e. The van der Waals surface area contributed by atoms with E-state index in [0.29, 0.717) is 24.0 Å². The van der Waals surface area contributed by atoms with Crippen LogP contribution in [0.2, 0.25) is 0 Å². The largest absolute Gasteiger partial charge is 0.344 e. The van der Waals surface area contributed by atoms with E-state index in [1.165, 1.54) is 19.3 Å². The van der Waals surface area contributed by atoms with Crippen LogP contribution in [0.25, 0.3) is 0 Å². The Bertz CT molecular complexity index is 214. The van der Waals surface area contributed by atoms with Gasteiger partial charge in [0.05, 0.1) is 12.2 Å². The van der Waals surface area contributed by atoms with Crippen LogP contribution in [0.3, 0.4) is 0 Å². The predicted octanol–water partition coefficient (Wildman–Crippen LogP) is 2.72. The Morgan fingerprint density at radius 1 is 0.929 bits per heavy atom. The van der Waals surface area contributed by atoms with Crippen LogP contribution in [0.15, 0.2) is 0 Å². The van der Waals surface area contributed by atoms with Crippen molar-refractivity contribution in [1.82, 2.24) is 0 Å². The fraction of sp³-hybridized carbons (Fsp3) is 1.00. The van der Waals surface area contributed by atoms with Gasteiger partial charge in [-0.1, -0.05) is 13.8 Å². The molecule has 1 spiro atoms. The van der Waals surface area contributed by atoms with Crippen LogP contribution < -0.4 is 0 Å². The lowest BCUT2D eigenvalue weighted by molar-refractivity contribution is -0.181. The predicted molar refractivity (Wildman–Crippen MR) is 53.9 cm³/mol. The van der Waals surface area contributed by atoms with E-state index in [4.69, 9.17) is 9.47 Å². The first-order chi connectivity index (χ1) is 6.70. The number of rotatable bonds is 0. The van der Waals surface area contributed by atoms with Crippen LogP contribution in [0, 0.1) is 11.8 Å². The van der Waals surface area contributed by atoms with Crippen molar-refractivity contribution in [2.45, 2.75) is 63.9 Å². The van der Waals surface area contributed by atoms with E-state index < -0.39 is 0 Å². The first-order valence-corrected chi connectivity index (χ1v) is 6.06. The van der Waals surface area contributed by atoms with Gasteiger partial charge in [-0.25, -0.2) is 0 Å². The SMILES string of the molecule is CC1CC(C)[C@@H]2OC3(CCCC3)O[C@H]12. The van der Waals surface area contributed by atoms with Crippen molar-refractivity contribution < 1.29 is 9.47 Å². The second kappa shape index (κ2) is 2.96. The molecule has 0 N–H and O–H groups in total. The summed E-state index contributed by atoms with van der Waals surface area (Å²) in [6.45, 7) is 4.61. The first-order valence-electron chi connectivity index (χ1n) is 6.06. The van der Waals surface area contributed by atoms with Crippen molar-refractivity contribution in [3.8, 4) is 0 Å². The fourth-order valence-electron chi connectivity index (χ4n) is 3.54. The van der Waals surface area contributed by atoms with E-state index in [1.54, 1.807) is 0 Å². The average Bonchev–Trinajstić information content (AvgIpc) is 2.79. The summed E-state index contributed by atoms with van der Waals surface area (Å²) in [5, 5.41) is 0. The van der Waals surface area contributed by atoms with Crippen molar-refractivity contribution in [3.63, 3.8) is 0 Å². The number of hydrogen-bond acceptors (Lipinski definition) is 2. The minimum Gasteiger partial charge on any atom is -0.344 e. The molecular weight excluding hydrogens is 176 g/mol. The fourth-order valence-corrected chi connectivity index (χ4v) is 3.54. The van der Waals surface area contributed by atoms with E-state index >= 15 is 0 Å². The quantitative estimate of drug-likeness (QED) is 0.593. The van der Waals surface area contributed by atoms with Crippen molar-refractivity contribution in [3.05, 3.63) is 0 Å². The highest BCUT2D eigenvalue weighted by atomic mass is 16.8. The summed E-state index contributed by atoms with van der Waals surface area (Å²) >= 11 is 0. The smallest absolute Gasteiger partial charge is 0.169 e. The number of fused-ring (bicyclic) bond motifs is 1. The summed E-state index contributed by atoms with van der Waals surface area (Å²) in [7, 11) is 0. The van der Waals surface area contributed by atoms with Crippen LogP contribution in [0.4, 0.5) is 0 Å². The van der Waals surface area contributed by atoms with Crippen molar-refractivity contribution >= 4 is 0 Å². The highest BCUT2D eigenvalue weighted by molar-refractivity contribution is 4.98. The number of hydrogen-bond donors (Lipinski definition) is 0. The highest BCUT2D eigenvalue weighted by Crippen LogP contribution is 2.49. The molecular formula is C12H20O2. The third kappa shape index (κ3) is 1.17. The topological polar surface area (TPSA) is 18.5 Å². The van der Waals surface area contributed by atoms with Gasteiger partial charge >= 0.3 is 0 Å². The lowest BCUT2D eigenvalue weighted by Crippen LogP contribution is -2.28. The van der Waals surface area contributed by atoms with Gasteiger partial charge in [-0.05, 0) is 31.1 Å². The number of ether oxygens (including phenoxy) is 2. The molecule has 0 radical (unpaired) electrons. The average molecular weight is 196 g/mol. The van der Waals surface area contributed by atoms with Gasteiger partial charge < -0.3 is 9.47 Å². The maximum absolute atomic E-state index is 6.19. The molecule has 2 aliphatic carbocycles. The standard InChI is InChI=1S/C12H20O2/c1-8-7-9(2)11-10(8)13-12(14-11)5-3-4-6-12/h8-11H,3-7H2,1-2H3/t8?,9?,10-,11+. The lowest BCUT2D eigenvalue weighted by atomic mass is 10.1. The summed E-state index contributed by atoms with van der Waals surface area (Å²) in [5.74, 6) is 1.23. The molecule has 2 nitrogen and oxygen atoms in total. The van der Waals surface area contributed by atoms with E-state index in [2.05, 4.69) is 13.8 Å². The van der Waals surface area contributed by atoms with Crippen LogP contribution in [0.5, 0.6) is 0 Å². The molecule has 3 fully saturated rings. The van der Waals surface area contributed by atoms with Crippen LogP contribution >= 0.6 is 0 Å². The highest BCUT2D eigenvalue weighted by Gasteiger charge is 2.55. The normalized spacial score (nSPS) is 50.1. The summed E-state index contributed by atoms with van der Waals surface area (Å²) in [4.78, 5) is 0. The van der Waals surface area contributed by atoms with Crippen molar-refractivity contribution in [1.29, 1.82) is 0 Å². The second-order valence-electron chi connectivity index (χ2n) is 5.47. The van der Waals surface area contributed by atoms with Gasteiger partial charge in [-0.3, -0.25) is 0 Å². The van der Waals surface area contributed by atoms with Crippen molar-refractivity contribution in [2.24, 2.45) is 11.8 Å². The molecule has 4 atom stereocenters. The molecule has 0 aromatic rings. The summed E-state index contributed by atoms with van der Waals surface area (Å²) in [6.07, 6.45) is 6.86. The zero-order valence-corrected chi connectivity index (χ0v) is 9.16. The molecule has 2 heteroatoms. The molecule has 1 saturated heterocycles. The molecule has 1 aliphatic heterocycles. The van der Waals surface area contributed by atoms with E-state index in [0.717, 1.165) is 12.8 Å². The zero-order valence-electron chi connectivity index (χ0n) is 9.16. The van der Waals surface area contributed by atoms with E-state index in [-0.39, 0.29) is 5.79 Å². The van der Waals surface area contributed by atoms with Crippen LogP contribution in [0.1, 0.15) is 46.0 Å². The van der Waals surface area contributed by atoms with Crippen LogP contribution in [-0.2, 0) is 9.47 Å². The first kappa shape index (κ1) is 9.17. The Morgan fingerprint density at radius 2 is 1.43 bits per heavy atom. The van der Waals surface area contributed by atoms with Crippen molar-refractivity contribution in [2.75, 3.05) is 0 Å². The molecule has 2 saturated carbocycles. The third-order valence-electron chi connectivity index (χ3n) is 4.26. The Morgan fingerprint density at radius 3 is 1.93 bits per heavy atom. The molecule has 80 valence electrons. The van der Waals surface area contributed by atoms with Crippen LogP contribution in [-0.4, -0.2) is 18.0 Å². The maximum atomic E-state index is 6.19. The summed E-state index contributed by atoms with van der Waals surface area (Å²) in [6, 6.07) is 0. The molecule has 0 aromatic heterocycles. The summed E-state index contributed by atoms with van der Waals surface area (Å²) in [5.41, 5.74) is 0. The molecule has 0 amide bonds.